The summed E-state index contributed by atoms with van der Waals surface area (Å²) < 4.78 is 29.6. The van der Waals surface area contributed by atoms with Crippen LogP contribution in [-0.4, -0.2) is 13.1 Å². The molecule has 13 heavy (non-hydrogen) atoms. The van der Waals surface area contributed by atoms with E-state index in [2.05, 4.69) is 4.74 Å². The molecule has 2 N–H and O–H groups in total. The predicted octanol–water partition coefficient (Wildman–Crippen LogP) is 1.33. The van der Waals surface area contributed by atoms with E-state index < -0.39 is 23.3 Å². The Bertz CT molecular complexity index is 352. The molecule has 1 aromatic carbocycles. The summed E-state index contributed by atoms with van der Waals surface area (Å²) in [6.07, 6.45) is 0. The number of hydrogen-bond donors (Lipinski definition) is 1. The van der Waals surface area contributed by atoms with E-state index >= 15 is 0 Å². The average molecular weight is 187 g/mol. The lowest BCUT2D eigenvalue weighted by Crippen LogP contribution is -2.08. The summed E-state index contributed by atoms with van der Waals surface area (Å²) in [5, 5.41) is 0. The van der Waals surface area contributed by atoms with Crippen LogP contribution < -0.4 is 5.73 Å². The predicted molar refractivity (Wildman–Crippen MR) is 42.1 cm³/mol. The highest BCUT2D eigenvalue weighted by Crippen LogP contribution is 2.18. The van der Waals surface area contributed by atoms with Gasteiger partial charge in [-0.05, 0) is 6.07 Å². The van der Waals surface area contributed by atoms with Crippen LogP contribution in [0, 0.1) is 11.6 Å². The molecule has 0 aliphatic heterocycles. The maximum absolute atomic E-state index is 12.8. The van der Waals surface area contributed by atoms with Gasteiger partial charge in [0.2, 0.25) is 0 Å². The Morgan fingerprint density at radius 3 is 2.62 bits per heavy atom. The van der Waals surface area contributed by atoms with E-state index in [1.165, 1.54) is 0 Å². The van der Waals surface area contributed by atoms with Gasteiger partial charge in [-0.2, -0.15) is 0 Å². The van der Waals surface area contributed by atoms with E-state index in [-0.39, 0.29) is 5.56 Å². The van der Waals surface area contributed by atoms with E-state index in [1.807, 2.05) is 0 Å². The van der Waals surface area contributed by atoms with Gasteiger partial charge in [-0.1, -0.05) is 0 Å². The normalized spacial score (nSPS) is 9.77. The zero-order chi connectivity index (χ0) is 10.0. The van der Waals surface area contributed by atoms with Gasteiger partial charge in [-0.3, -0.25) is 0 Å². The van der Waals surface area contributed by atoms with Crippen molar-refractivity contribution in [1.82, 2.24) is 0 Å². The maximum atomic E-state index is 12.8. The van der Waals surface area contributed by atoms with Crippen molar-refractivity contribution in [2.75, 3.05) is 12.8 Å². The third kappa shape index (κ3) is 1.74. The number of carbonyl (C=O) groups excluding carboxylic acids is 1. The van der Waals surface area contributed by atoms with E-state index in [4.69, 9.17) is 5.73 Å². The molecule has 0 saturated heterocycles. The van der Waals surface area contributed by atoms with Crippen molar-refractivity contribution >= 4 is 11.7 Å². The molecule has 0 fully saturated rings. The lowest BCUT2D eigenvalue weighted by molar-refractivity contribution is 0.0601. The van der Waals surface area contributed by atoms with Gasteiger partial charge in [-0.25, -0.2) is 13.6 Å². The standard InChI is InChI=1S/C8H7F2NO2/c1-13-8(12)5-2-4(9)3-6(10)7(5)11/h2-3H,11H2,1H3. The zero-order valence-electron chi connectivity index (χ0n) is 6.80. The van der Waals surface area contributed by atoms with Crippen molar-refractivity contribution in [1.29, 1.82) is 0 Å². The molecule has 0 saturated carbocycles. The Hall–Kier alpha value is -1.65. The van der Waals surface area contributed by atoms with Crippen LogP contribution in [0.3, 0.4) is 0 Å². The number of methoxy groups -OCH3 is 1. The van der Waals surface area contributed by atoms with Crippen molar-refractivity contribution in [3.8, 4) is 0 Å². The molecule has 0 unspecified atom stereocenters. The molecule has 1 aromatic rings. The van der Waals surface area contributed by atoms with E-state index in [1.54, 1.807) is 0 Å². The summed E-state index contributed by atoms with van der Waals surface area (Å²) in [7, 11) is 1.10. The molecule has 70 valence electrons. The molecule has 0 aliphatic rings. The quantitative estimate of drug-likeness (QED) is 0.533. The van der Waals surface area contributed by atoms with E-state index in [0.717, 1.165) is 13.2 Å². The number of benzene rings is 1. The minimum Gasteiger partial charge on any atom is -0.465 e. The molecule has 0 atom stereocenters. The number of ether oxygens (including phenoxy) is 1. The molecule has 0 amide bonds. The molecule has 0 radical (unpaired) electrons. The van der Waals surface area contributed by atoms with Gasteiger partial charge in [0.05, 0.1) is 18.4 Å². The Morgan fingerprint density at radius 2 is 2.08 bits per heavy atom. The van der Waals surface area contributed by atoms with E-state index in [9.17, 15) is 13.6 Å². The first-order valence-electron chi connectivity index (χ1n) is 3.39. The first kappa shape index (κ1) is 9.44. The third-order valence-corrected chi connectivity index (χ3v) is 1.50. The van der Waals surface area contributed by atoms with Crippen molar-refractivity contribution < 1.29 is 18.3 Å². The minimum absolute atomic E-state index is 0.306. The molecular weight excluding hydrogens is 180 g/mol. The number of esters is 1. The highest BCUT2D eigenvalue weighted by Gasteiger charge is 2.14. The molecule has 0 aliphatic carbocycles. The second-order valence-electron chi connectivity index (χ2n) is 2.34. The van der Waals surface area contributed by atoms with Crippen LogP contribution in [0.15, 0.2) is 12.1 Å². The minimum atomic E-state index is -0.972. The van der Waals surface area contributed by atoms with Crippen LogP contribution in [0.4, 0.5) is 14.5 Å². The summed E-state index contributed by atoms with van der Waals surface area (Å²) in [4.78, 5) is 10.9. The number of nitrogens with two attached hydrogens (primary N) is 1. The van der Waals surface area contributed by atoms with Crippen molar-refractivity contribution in [2.24, 2.45) is 0 Å². The van der Waals surface area contributed by atoms with Crippen LogP contribution in [0.5, 0.6) is 0 Å². The highest BCUT2D eigenvalue weighted by atomic mass is 19.1. The van der Waals surface area contributed by atoms with Gasteiger partial charge >= 0.3 is 5.97 Å². The Labute approximate surface area is 73.1 Å². The number of carbonyl (C=O) groups is 1. The third-order valence-electron chi connectivity index (χ3n) is 1.50. The molecular formula is C8H7F2NO2. The van der Waals surface area contributed by atoms with Crippen molar-refractivity contribution in [3.63, 3.8) is 0 Å². The fraction of sp³-hybridized carbons (Fsp3) is 0.125. The Morgan fingerprint density at radius 1 is 1.46 bits per heavy atom. The number of rotatable bonds is 1. The summed E-state index contributed by atoms with van der Waals surface area (Å²) >= 11 is 0. The van der Waals surface area contributed by atoms with E-state index in [0.29, 0.717) is 6.07 Å². The summed E-state index contributed by atoms with van der Waals surface area (Å²) in [5.41, 5.74) is 4.47. The highest BCUT2D eigenvalue weighted by molar-refractivity contribution is 5.95. The first-order valence-corrected chi connectivity index (χ1v) is 3.39. The lowest BCUT2D eigenvalue weighted by Gasteiger charge is -2.04. The maximum Gasteiger partial charge on any atom is 0.340 e. The van der Waals surface area contributed by atoms with Gasteiger partial charge in [0.25, 0.3) is 0 Å². The average Bonchev–Trinajstić information content (AvgIpc) is 2.10. The van der Waals surface area contributed by atoms with Crippen molar-refractivity contribution in [3.05, 3.63) is 29.3 Å². The largest absolute Gasteiger partial charge is 0.465 e. The molecule has 0 aromatic heterocycles. The van der Waals surface area contributed by atoms with Crippen LogP contribution in [0.2, 0.25) is 0 Å². The molecule has 1 rings (SSSR count). The topological polar surface area (TPSA) is 52.3 Å². The number of halogens is 2. The Balaban J connectivity index is 3.28. The van der Waals surface area contributed by atoms with Gasteiger partial charge in [-0.15, -0.1) is 0 Å². The van der Waals surface area contributed by atoms with Crippen LogP contribution in [-0.2, 0) is 4.74 Å². The molecule has 0 heterocycles. The number of anilines is 1. The zero-order valence-corrected chi connectivity index (χ0v) is 6.80. The van der Waals surface area contributed by atoms with Crippen molar-refractivity contribution in [2.45, 2.75) is 0 Å². The number of nitrogen functional groups attached to an aromatic ring is 1. The number of hydrogen-bond acceptors (Lipinski definition) is 3. The first-order chi connectivity index (χ1) is 6.06. The van der Waals surface area contributed by atoms with Crippen LogP contribution >= 0.6 is 0 Å². The smallest absolute Gasteiger partial charge is 0.340 e. The molecule has 0 spiro atoms. The summed E-state index contributed by atoms with van der Waals surface area (Å²) in [5.74, 6) is -2.71. The summed E-state index contributed by atoms with van der Waals surface area (Å²) in [6, 6.07) is 1.42. The van der Waals surface area contributed by atoms with Gasteiger partial charge in [0.1, 0.15) is 11.6 Å². The van der Waals surface area contributed by atoms with Gasteiger partial charge < -0.3 is 10.5 Å². The lowest BCUT2D eigenvalue weighted by atomic mass is 10.1. The second-order valence-corrected chi connectivity index (χ2v) is 2.34. The molecule has 0 bridgehead atoms. The van der Waals surface area contributed by atoms with Crippen LogP contribution in [0.25, 0.3) is 0 Å². The summed E-state index contributed by atoms with van der Waals surface area (Å²) in [6.45, 7) is 0. The fourth-order valence-electron chi connectivity index (χ4n) is 0.864. The molecule has 3 nitrogen and oxygen atoms in total. The SMILES string of the molecule is COC(=O)c1cc(F)cc(F)c1N. The van der Waals surface area contributed by atoms with Gasteiger partial charge in [0.15, 0.2) is 0 Å². The van der Waals surface area contributed by atoms with Gasteiger partial charge in [0, 0.05) is 6.07 Å². The second kappa shape index (κ2) is 3.38. The van der Waals surface area contributed by atoms with Crippen LogP contribution in [0.1, 0.15) is 10.4 Å². The monoisotopic (exact) mass is 187 g/mol. The fourth-order valence-corrected chi connectivity index (χ4v) is 0.864. The molecule has 5 heteroatoms. The Kier molecular flexibility index (Phi) is 2.46.